The predicted molar refractivity (Wildman–Crippen MR) is 34.8 cm³/mol. The second-order valence-corrected chi connectivity index (χ2v) is 3.29. The first-order valence-corrected chi connectivity index (χ1v) is 4.19. The summed E-state index contributed by atoms with van der Waals surface area (Å²) < 4.78 is 25.9. The van der Waals surface area contributed by atoms with E-state index in [1.54, 1.807) is 13.8 Å². The van der Waals surface area contributed by atoms with Crippen molar-refractivity contribution in [1.29, 1.82) is 0 Å². The van der Waals surface area contributed by atoms with Crippen LogP contribution in [0.3, 0.4) is 0 Å². The molecule has 0 heterocycles. The topological polar surface area (TPSA) is 74.6 Å². The Morgan fingerprint density at radius 3 is 1.33 bits per heavy atom. The minimum Gasteiger partial charge on any atom is -0.394 e. The maximum absolute atomic E-state index is 9.19. The molecule has 0 unspecified atom stereocenters. The molecule has 0 aliphatic carbocycles. The zero-order valence-corrected chi connectivity index (χ0v) is 6.51. The molecule has 0 spiro atoms. The number of aliphatic hydroxyl groups is 1. The van der Waals surface area contributed by atoms with Crippen LogP contribution in [0.25, 0.3) is 0 Å². The Morgan fingerprint density at radius 2 is 1.33 bits per heavy atom. The number of rotatable bonds is 0. The zero-order valence-electron chi connectivity index (χ0n) is 5.70. The molecule has 0 atom stereocenters. The Morgan fingerprint density at radius 1 is 1.33 bits per heavy atom. The van der Waals surface area contributed by atoms with Gasteiger partial charge in [-0.3, -0.25) is 4.55 Å². The summed E-state index contributed by atoms with van der Waals surface area (Å²) in [6.07, 6.45) is 0.549. The van der Waals surface area contributed by atoms with Gasteiger partial charge >= 0.3 is 0 Å². The lowest BCUT2D eigenvalue weighted by Gasteiger charge is -1.80. The molecule has 0 fully saturated rings. The van der Waals surface area contributed by atoms with Crippen molar-refractivity contribution in [3.05, 3.63) is 0 Å². The van der Waals surface area contributed by atoms with Gasteiger partial charge in [-0.25, -0.2) is 0 Å². The summed E-state index contributed by atoms with van der Waals surface area (Å²) in [6, 6.07) is 0. The standard InChI is InChI=1S/C3H8O.CH4O3S/c1-3(2)4;1-5(2,3)4/h3-4H,1-2H3;1H3,(H,2,3,4). The van der Waals surface area contributed by atoms with Crippen LogP contribution < -0.4 is 0 Å². The van der Waals surface area contributed by atoms with E-state index in [0.717, 1.165) is 0 Å². The molecule has 9 heavy (non-hydrogen) atoms. The molecule has 0 radical (unpaired) electrons. The summed E-state index contributed by atoms with van der Waals surface area (Å²) in [5.41, 5.74) is 0. The van der Waals surface area contributed by atoms with E-state index in [1.807, 2.05) is 0 Å². The fraction of sp³-hybridized carbons (Fsp3) is 1.00. The highest BCUT2D eigenvalue weighted by Crippen LogP contribution is 1.65. The van der Waals surface area contributed by atoms with Crippen molar-refractivity contribution in [2.45, 2.75) is 20.0 Å². The van der Waals surface area contributed by atoms with Crippen molar-refractivity contribution in [1.82, 2.24) is 0 Å². The summed E-state index contributed by atoms with van der Waals surface area (Å²) in [7, 11) is -3.67. The lowest BCUT2D eigenvalue weighted by atomic mass is 10.5. The molecule has 0 aliphatic rings. The van der Waals surface area contributed by atoms with E-state index in [9.17, 15) is 8.42 Å². The van der Waals surface area contributed by atoms with Crippen LogP contribution in [0.1, 0.15) is 13.8 Å². The van der Waals surface area contributed by atoms with Crippen molar-refractivity contribution in [3.63, 3.8) is 0 Å². The molecule has 0 aromatic carbocycles. The van der Waals surface area contributed by atoms with Crippen molar-refractivity contribution in [2.24, 2.45) is 0 Å². The third-order valence-electron chi connectivity index (χ3n) is 0. The summed E-state index contributed by atoms with van der Waals surface area (Å²) in [5.74, 6) is 0. The van der Waals surface area contributed by atoms with Crippen LogP contribution in [-0.4, -0.2) is 30.4 Å². The Hall–Kier alpha value is -0.130. The van der Waals surface area contributed by atoms with Crippen LogP contribution in [-0.2, 0) is 10.1 Å². The molecule has 58 valence electrons. The van der Waals surface area contributed by atoms with Gasteiger partial charge in [0.05, 0.1) is 6.26 Å². The van der Waals surface area contributed by atoms with Crippen molar-refractivity contribution < 1.29 is 18.1 Å². The number of aliphatic hydroxyl groups excluding tert-OH is 1. The highest BCUT2D eigenvalue weighted by molar-refractivity contribution is 7.85. The average Bonchev–Trinajstić information content (AvgIpc) is 1.19. The lowest BCUT2D eigenvalue weighted by molar-refractivity contribution is 0.216. The van der Waals surface area contributed by atoms with E-state index in [0.29, 0.717) is 6.26 Å². The van der Waals surface area contributed by atoms with Crippen molar-refractivity contribution >= 4 is 10.1 Å². The fourth-order valence-electron chi connectivity index (χ4n) is 0. The van der Waals surface area contributed by atoms with Crippen molar-refractivity contribution in [2.75, 3.05) is 6.26 Å². The van der Waals surface area contributed by atoms with Crippen LogP contribution in [0.4, 0.5) is 0 Å². The largest absolute Gasteiger partial charge is 0.394 e. The van der Waals surface area contributed by atoms with Gasteiger partial charge in [0, 0.05) is 6.10 Å². The molecular formula is C4H12O4S. The Kier molecular flexibility index (Phi) is 6.11. The average molecular weight is 156 g/mol. The van der Waals surface area contributed by atoms with Crippen molar-refractivity contribution in [3.8, 4) is 0 Å². The van der Waals surface area contributed by atoms with Crippen LogP contribution in [0.2, 0.25) is 0 Å². The molecular weight excluding hydrogens is 144 g/mol. The maximum Gasteiger partial charge on any atom is 0.261 e. The zero-order chi connectivity index (χ0) is 8.08. The Bertz CT molecular complexity index is 124. The van der Waals surface area contributed by atoms with Gasteiger partial charge in [-0.1, -0.05) is 0 Å². The molecule has 5 heteroatoms. The van der Waals surface area contributed by atoms with E-state index in [1.165, 1.54) is 0 Å². The third-order valence-corrected chi connectivity index (χ3v) is 0. The SMILES string of the molecule is CC(C)O.CS(=O)(=O)O. The van der Waals surface area contributed by atoms with Crippen LogP contribution in [0.5, 0.6) is 0 Å². The minimum atomic E-state index is -3.67. The van der Waals surface area contributed by atoms with E-state index >= 15 is 0 Å². The van der Waals surface area contributed by atoms with Gasteiger partial charge in [0.2, 0.25) is 0 Å². The maximum atomic E-state index is 9.19. The molecule has 0 amide bonds. The van der Waals surface area contributed by atoms with E-state index < -0.39 is 10.1 Å². The Balaban J connectivity index is 0. The second kappa shape index (κ2) is 4.72. The molecule has 0 aromatic heterocycles. The van der Waals surface area contributed by atoms with Gasteiger partial charge < -0.3 is 5.11 Å². The predicted octanol–water partition coefficient (Wildman–Crippen LogP) is -0.109. The monoisotopic (exact) mass is 156 g/mol. The molecule has 4 nitrogen and oxygen atoms in total. The highest BCUT2D eigenvalue weighted by atomic mass is 32.2. The first-order chi connectivity index (χ1) is 3.73. The fourth-order valence-corrected chi connectivity index (χ4v) is 0. The molecule has 2 N–H and O–H groups in total. The first kappa shape index (κ1) is 11.6. The van der Waals surface area contributed by atoms with Gasteiger partial charge in [0.1, 0.15) is 0 Å². The third kappa shape index (κ3) is 16000. The molecule has 0 saturated heterocycles. The van der Waals surface area contributed by atoms with E-state index in [4.69, 9.17) is 9.66 Å². The molecule has 0 saturated carbocycles. The van der Waals surface area contributed by atoms with Gasteiger partial charge in [-0.15, -0.1) is 0 Å². The summed E-state index contributed by atoms with van der Waals surface area (Å²) in [6.45, 7) is 3.44. The van der Waals surface area contributed by atoms with Crippen LogP contribution in [0, 0.1) is 0 Å². The molecule has 0 aromatic rings. The normalized spacial score (nSPS) is 10.4. The molecule has 0 bridgehead atoms. The van der Waals surface area contributed by atoms with Gasteiger partial charge in [-0.2, -0.15) is 8.42 Å². The van der Waals surface area contributed by atoms with E-state index in [-0.39, 0.29) is 6.10 Å². The quantitative estimate of drug-likeness (QED) is 0.480. The van der Waals surface area contributed by atoms with E-state index in [2.05, 4.69) is 0 Å². The first-order valence-electron chi connectivity index (χ1n) is 2.34. The molecule has 0 aliphatic heterocycles. The summed E-state index contributed by atoms with van der Waals surface area (Å²) in [4.78, 5) is 0. The summed E-state index contributed by atoms with van der Waals surface area (Å²) in [5, 5.41) is 8.06. The van der Waals surface area contributed by atoms with Gasteiger partial charge in [0.15, 0.2) is 0 Å². The van der Waals surface area contributed by atoms with Crippen LogP contribution >= 0.6 is 0 Å². The molecule has 0 rings (SSSR count). The number of hydrogen-bond donors (Lipinski definition) is 2. The van der Waals surface area contributed by atoms with Crippen LogP contribution in [0.15, 0.2) is 0 Å². The Labute approximate surface area is 55.3 Å². The second-order valence-electron chi connectivity index (χ2n) is 1.83. The highest BCUT2D eigenvalue weighted by Gasteiger charge is 1.81. The lowest BCUT2D eigenvalue weighted by Crippen LogP contribution is -1.88. The smallest absolute Gasteiger partial charge is 0.261 e. The van der Waals surface area contributed by atoms with Gasteiger partial charge in [0.25, 0.3) is 10.1 Å². The summed E-state index contributed by atoms with van der Waals surface area (Å²) >= 11 is 0. The minimum absolute atomic E-state index is 0.167. The number of hydrogen-bond acceptors (Lipinski definition) is 3. The van der Waals surface area contributed by atoms with Gasteiger partial charge in [-0.05, 0) is 13.8 Å².